The van der Waals surface area contributed by atoms with E-state index in [0.29, 0.717) is 6.42 Å². The van der Waals surface area contributed by atoms with Crippen LogP contribution in [0.15, 0.2) is 54.6 Å². The Balaban J connectivity index is 2.06. The molecule has 0 radical (unpaired) electrons. The van der Waals surface area contributed by atoms with Crippen molar-refractivity contribution in [2.45, 2.75) is 57.9 Å². The molecule has 0 bridgehead atoms. The number of ether oxygens (including phenoxy) is 1. The Hall–Kier alpha value is -2.29. The second-order valence-corrected chi connectivity index (χ2v) is 6.67. The Morgan fingerprint density at radius 1 is 0.923 bits per heavy atom. The molecular formula is C23H31NO2. The molecule has 1 N–H and O–H groups in total. The summed E-state index contributed by atoms with van der Waals surface area (Å²) in [5, 5.41) is 3.40. The first-order chi connectivity index (χ1) is 12.8. The van der Waals surface area contributed by atoms with Crippen LogP contribution >= 0.6 is 0 Å². The highest BCUT2D eigenvalue weighted by Gasteiger charge is 2.23. The third-order valence-electron chi connectivity index (χ3n) is 4.63. The van der Waals surface area contributed by atoms with Gasteiger partial charge in [-0.3, -0.25) is 4.79 Å². The molecular weight excluding hydrogens is 322 g/mol. The molecule has 0 heterocycles. The number of hydrogen-bond donors (Lipinski definition) is 1. The predicted molar refractivity (Wildman–Crippen MR) is 109 cm³/mol. The van der Waals surface area contributed by atoms with Gasteiger partial charge < -0.3 is 10.1 Å². The van der Waals surface area contributed by atoms with Gasteiger partial charge in [0.15, 0.2) is 5.78 Å². The Morgan fingerprint density at radius 3 is 2.31 bits per heavy atom. The van der Waals surface area contributed by atoms with Crippen LogP contribution in [-0.2, 0) is 4.79 Å². The van der Waals surface area contributed by atoms with E-state index in [-0.39, 0.29) is 11.8 Å². The van der Waals surface area contributed by atoms with Gasteiger partial charge in [0, 0.05) is 17.7 Å². The van der Waals surface area contributed by atoms with Crippen LogP contribution in [0.1, 0.15) is 63.5 Å². The summed E-state index contributed by atoms with van der Waals surface area (Å²) in [6.45, 7) is 2.22. The number of anilines is 1. The fraction of sp³-hybridized carbons (Fsp3) is 0.435. The summed E-state index contributed by atoms with van der Waals surface area (Å²) in [6.07, 6.45) is 7.67. The van der Waals surface area contributed by atoms with Gasteiger partial charge in [-0.25, -0.2) is 0 Å². The van der Waals surface area contributed by atoms with Crippen LogP contribution in [-0.4, -0.2) is 12.9 Å². The predicted octanol–water partition coefficient (Wildman–Crippen LogP) is 6.17. The van der Waals surface area contributed by atoms with E-state index in [9.17, 15) is 4.79 Å². The molecule has 0 aromatic heterocycles. The number of Topliss-reactive ketones (excluding diaryl/α,β-unsaturated/α-hetero) is 1. The number of hydrogen-bond acceptors (Lipinski definition) is 3. The first-order valence-electron chi connectivity index (χ1n) is 9.73. The van der Waals surface area contributed by atoms with Crippen LogP contribution in [0.3, 0.4) is 0 Å². The van der Waals surface area contributed by atoms with Gasteiger partial charge in [-0.2, -0.15) is 0 Å². The molecule has 0 saturated heterocycles. The van der Waals surface area contributed by atoms with Crippen molar-refractivity contribution < 1.29 is 9.53 Å². The summed E-state index contributed by atoms with van der Waals surface area (Å²) in [7, 11) is 1.65. The molecule has 2 aromatic carbocycles. The van der Waals surface area contributed by atoms with E-state index in [0.717, 1.165) is 29.8 Å². The van der Waals surface area contributed by atoms with Crippen LogP contribution in [0.5, 0.6) is 5.75 Å². The smallest absolute Gasteiger partial charge is 0.159 e. The number of unbranched alkanes of at least 4 members (excludes halogenated alkanes) is 5. The minimum absolute atomic E-state index is 0.217. The zero-order chi connectivity index (χ0) is 18.6. The molecule has 3 heteroatoms. The van der Waals surface area contributed by atoms with Crippen molar-refractivity contribution in [3.8, 4) is 5.75 Å². The van der Waals surface area contributed by atoms with E-state index in [1.165, 1.54) is 25.7 Å². The minimum Gasteiger partial charge on any atom is -0.496 e. The summed E-state index contributed by atoms with van der Waals surface area (Å²) in [6, 6.07) is 17.3. The maximum absolute atomic E-state index is 13.0. The topological polar surface area (TPSA) is 38.3 Å². The zero-order valence-corrected chi connectivity index (χ0v) is 16.0. The summed E-state index contributed by atoms with van der Waals surface area (Å²) < 4.78 is 5.49. The molecule has 0 fully saturated rings. The van der Waals surface area contributed by atoms with Crippen molar-refractivity contribution in [1.29, 1.82) is 0 Å². The van der Waals surface area contributed by atoms with Crippen LogP contribution in [0.4, 0.5) is 5.69 Å². The van der Waals surface area contributed by atoms with E-state index in [1.807, 2.05) is 54.6 Å². The third-order valence-corrected chi connectivity index (χ3v) is 4.63. The lowest BCUT2D eigenvalue weighted by Crippen LogP contribution is -2.21. The van der Waals surface area contributed by atoms with E-state index < -0.39 is 0 Å². The highest BCUT2D eigenvalue weighted by Crippen LogP contribution is 2.30. The van der Waals surface area contributed by atoms with E-state index in [2.05, 4.69) is 12.2 Å². The van der Waals surface area contributed by atoms with Gasteiger partial charge in [0.25, 0.3) is 0 Å². The molecule has 0 amide bonds. The van der Waals surface area contributed by atoms with Crippen LogP contribution in [0.25, 0.3) is 0 Å². The molecule has 0 saturated carbocycles. The number of methoxy groups -OCH3 is 1. The number of rotatable bonds is 12. The van der Waals surface area contributed by atoms with Crippen molar-refractivity contribution in [3.63, 3.8) is 0 Å². The number of ketones is 1. The van der Waals surface area contributed by atoms with E-state index >= 15 is 0 Å². The number of carbonyl (C=O) groups excluding carboxylic acids is 1. The molecule has 0 aliphatic rings. The Kier molecular flexibility index (Phi) is 8.74. The maximum Gasteiger partial charge on any atom is 0.159 e. The number of nitrogens with one attached hydrogen (secondary N) is 1. The summed E-state index contributed by atoms with van der Waals surface area (Å²) in [5.41, 5.74) is 1.84. The van der Waals surface area contributed by atoms with Gasteiger partial charge in [0.05, 0.1) is 7.11 Å². The highest BCUT2D eigenvalue weighted by atomic mass is 16.5. The monoisotopic (exact) mass is 353 g/mol. The lowest BCUT2D eigenvalue weighted by atomic mass is 9.97. The summed E-state index contributed by atoms with van der Waals surface area (Å²) in [4.78, 5) is 13.0. The lowest BCUT2D eigenvalue weighted by molar-refractivity contribution is -0.120. The molecule has 1 unspecified atom stereocenters. The third kappa shape index (κ3) is 6.21. The normalized spacial score (nSPS) is 11.8. The molecule has 0 aliphatic carbocycles. The van der Waals surface area contributed by atoms with Gasteiger partial charge in [-0.05, 0) is 24.6 Å². The number of para-hydroxylation sites is 2. The second kappa shape index (κ2) is 11.3. The molecule has 0 aliphatic heterocycles. The van der Waals surface area contributed by atoms with Gasteiger partial charge in [-0.1, -0.05) is 75.4 Å². The molecule has 1 atom stereocenters. The SMILES string of the molecule is CCCCCCCCC(=O)C(Nc1ccccc1)c1ccccc1OC. The van der Waals surface area contributed by atoms with Crippen molar-refractivity contribution in [1.82, 2.24) is 0 Å². The number of carbonyl (C=O) groups is 1. The average Bonchev–Trinajstić information content (AvgIpc) is 2.69. The zero-order valence-electron chi connectivity index (χ0n) is 16.0. The lowest BCUT2D eigenvalue weighted by Gasteiger charge is -2.21. The Labute approximate surface area is 157 Å². The van der Waals surface area contributed by atoms with Gasteiger partial charge in [0.1, 0.15) is 11.8 Å². The summed E-state index contributed by atoms with van der Waals surface area (Å²) in [5.74, 6) is 0.964. The Bertz CT molecular complexity index is 654. The van der Waals surface area contributed by atoms with Gasteiger partial charge in [-0.15, -0.1) is 0 Å². The van der Waals surface area contributed by atoms with Gasteiger partial charge in [0.2, 0.25) is 0 Å². The van der Waals surface area contributed by atoms with E-state index in [1.54, 1.807) is 7.11 Å². The largest absolute Gasteiger partial charge is 0.496 e. The van der Waals surface area contributed by atoms with E-state index in [4.69, 9.17) is 4.74 Å². The molecule has 2 rings (SSSR count). The summed E-state index contributed by atoms with van der Waals surface area (Å²) >= 11 is 0. The van der Waals surface area contributed by atoms with Crippen LogP contribution in [0.2, 0.25) is 0 Å². The minimum atomic E-state index is -0.385. The van der Waals surface area contributed by atoms with Crippen molar-refractivity contribution in [2.75, 3.05) is 12.4 Å². The molecule has 0 spiro atoms. The molecule has 3 nitrogen and oxygen atoms in total. The Morgan fingerprint density at radius 2 is 1.58 bits per heavy atom. The maximum atomic E-state index is 13.0. The molecule has 2 aromatic rings. The molecule has 140 valence electrons. The van der Waals surface area contributed by atoms with Crippen LogP contribution in [0, 0.1) is 0 Å². The molecule has 26 heavy (non-hydrogen) atoms. The average molecular weight is 354 g/mol. The van der Waals surface area contributed by atoms with Gasteiger partial charge >= 0.3 is 0 Å². The quantitative estimate of drug-likeness (QED) is 0.464. The van der Waals surface area contributed by atoms with Crippen molar-refractivity contribution in [3.05, 3.63) is 60.2 Å². The second-order valence-electron chi connectivity index (χ2n) is 6.67. The first-order valence-corrected chi connectivity index (χ1v) is 9.73. The highest BCUT2D eigenvalue weighted by molar-refractivity contribution is 5.88. The first kappa shape index (κ1) is 20.0. The van der Waals surface area contributed by atoms with Crippen molar-refractivity contribution in [2.24, 2.45) is 0 Å². The fourth-order valence-electron chi connectivity index (χ4n) is 3.16. The van der Waals surface area contributed by atoms with Crippen molar-refractivity contribution >= 4 is 11.5 Å². The standard InChI is InChI=1S/C23H31NO2/c1-3-4-5-6-7-11-17-21(25)23(24-19-14-9-8-10-15-19)20-16-12-13-18-22(20)26-2/h8-10,12-16,18,23-24H,3-7,11,17H2,1-2H3. The van der Waals surface area contributed by atoms with Crippen LogP contribution < -0.4 is 10.1 Å². The fourth-order valence-corrected chi connectivity index (χ4v) is 3.16. The number of benzene rings is 2.